The number of hydrogen-bond donors (Lipinski definition) is 2. The van der Waals surface area contributed by atoms with Crippen molar-refractivity contribution in [2.45, 2.75) is 31.9 Å². The van der Waals surface area contributed by atoms with Crippen LogP contribution in [0.3, 0.4) is 0 Å². The molecule has 1 aromatic rings. The van der Waals surface area contributed by atoms with Crippen LogP contribution in [0, 0.1) is 5.82 Å². The van der Waals surface area contributed by atoms with E-state index in [0.717, 1.165) is 12.1 Å². The van der Waals surface area contributed by atoms with E-state index in [1.807, 2.05) is 0 Å². The SMILES string of the molecule is CC(C)(O)C(N)c1ccc(OC(F)(F)F)c(F)c1.Cl. The first-order valence-corrected chi connectivity index (χ1v) is 5.04. The molecule has 1 atom stereocenters. The highest BCUT2D eigenvalue weighted by Gasteiger charge is 2.33. The first kappa shape index (κ1) is 17.9. The van der Waals surface area contributed by atoms with E-state index in [2.05, 4.69) is 4.74 Å². The zero-order valence-corrected chi connectivity index (χ0v) is 11.0. The van der Waals surface area contributed by atoms with Crippen LogP contribution in [-0.2, 0) is 0 Å². The molecule has 3 nitrogen and oxygen atoms in total. The molecule has 8 heteroatoms. The van der Waals surface area contributed by atoms with Gasteiger partial charge in [0.25, 0.3) is 0 Å². The molecule has 0 aliphatic carbocycles. The van der Waals surface area contributed by atoms with Crippen LogP contribution in [0.2, 0.25) is 0 Å². The molecule has 0 spiro atoms. The number of ether oxygens (including phenoxy) is 1. The molecule has 0 fully saturated rings. The van der Waals surface area contributed by atoms with Gasteiger partial charge in [-0.1, -0.05) is 6.07 Å². The minimum Gasteiger partial charge on any atom is -0.403 e. The summed E-state index contributed by atoms with van der Waals surface area (Å²) >= 11 is 0. The summed E-state index contributed by atoms with van der Waals surface area (Å²) in [6, 6.07) is 1.88. The van der Waals surface area contributed by atoms with Crippen molar-refractivity contribution in [3.05, 3.63) is 29.6 Å². The van der Waals surface area contributed by atoms with E-state index in [1.54, 1.807) is 0 Å². The maximum atomic E-state index is 13.4. The maximum absolute atomic E-state index is 13.4. The standard InChI is InChI=1S/C11H13F4NO2.ClH/c1-10(2,17)9(16)6-3-4-8(7(12)5-6)18-11(13,14)15;/h3-5,9,17H,16H2,1-2H3;1H. The van der Waals surface area contributed by atoms with Crippen molar-refractivity contribution in [3.63, 3.8) is 0 Å². The summed E-state index contributed by atoms with van der Waals surface area (Å²) in [6.07, 6.45) is -4.96. The molecule has 0 heterocycles. The molecular formula is C11H14ClF4NO2. The van der Waals surface area contributed by atoms with Gasteiger partial charge in [0.2, 0.25) is 0 Å². The summed E-state index contributed by atoms with van der Waals surface area (Å²) in [5.74, 6) is -2.13. The predicted molar refractivity (Wildman–Crippen MR) is 63.6 cm³/mol. The van der Waals surface area contributed by atoms with Crippen LogP contribution < -0.4 is 10.5 Å². The van der Waals surface area contributed by atoms with Crippen LogP contribution in [0.4, 0.5) is 17.6 Å². The van der Waals surface area contributed by atoms with E-state index >= 15 is 0 Å². The second-order valence-electron chi connectivity index (χ2n) is 4.37. The zero-order valence-electron chi connectivity index (χ0n) is 10.2. The van der Waals surface area contributed by atoms with Gasteiger partial charge in [-0.25, -0.2) is 4.39 Å². The van der Waals surface area contributed by atoms with Gasteiger partial charge in [0.15, 0.2) is 11.6 Å². The monoisotopic (exact) mass is 303 g/mol. The van der Waals surface area contributed by atoms with Crippen molar-refractivity contribution in [1.29, 1.82) is 0 Å². The molecule has 0 amide bonds. The predicted octanol–water partition coefficient (Wildman–Crippen LogP) is 2.92. The molecule has 1 unspecified atom stereocenters. The van der Waals surface area contributed by atoms with Crippen molar-refractivity contribution in [3.8, 4) is 5.75 Å². The van der Waals surface area contributed by atoms with Crippen molar-refractivity contribution in [2.75, 3.05) is 0 Å². The van der Waals surface area contributed by atoms with Crippen molar-refractivity contribution >= 4 is 12.4 Å². The summed E-state index contributed by atoms with van der Waals surface area (Å²) in [6.45, 7) is 2.82. The highest BCUT2D eigenvalue weighted by molar-refractivity contribution is 5.85. The number of alkyl halides is 3. The van der Waals surface area contributed by atoms with Gasteiger partial charge in [-0.15, -0.1) is 25.6 Å². The Morgan fingerprint density at radius 2 is 1.79 bits per heavy atom. The Balaban J connectivity index is 0.00000324. The van der Waals surface area contributed by atoms with Crippen LogP contribution in [0.5, 0.6) is 5.75 Å². The highest BCUT2D eigenvalue weighted by atomic mass is 35.5. The topological polar surface area (TPSA) is 55.5 Å². The summed E-state index contributed by atoms with van der Waals surface area (Å²) < 4.78 is 52.6. The van der Waals surface area contributed by atoms with Gasteiger partial charge < -0.3 is 15.6 Å². The lowest BCUT2D eigenvalue weighted by molar-refractivity contribution is -0.275. The number of benzene rings is 1. The van der Waals surface area contributed by atoms with Gasteiger partial charge in [-0.2, -0.15) is 0 Å². The van der Waals surface area contributed by atoms with Gasteiger partial charge in [-0.05, 0) is 31.5 Å². The second-order valence-corrected chi connectivity index (χ2v) is 4.37. The average molecular weight is 304 g/mol. The Bertz CT molecular complexity index is 432. The molecule has 19 heavy (non-hydrogen) atoms. The molecule has 0 bridgehead atoms. The Kier molecular flexibility index (Phi) is 5.61. The molecule has 0 aliphatic heterocycles. The molecule has 110 valence electrons. The second kappa shape index (κ2) is 5.94. The summed E-state index contributed by atoms with van der Waals surface area (Å²) in [7, 11) is 0. The van der Waals surface area contributed by atoms with E-state index in [-0.39, 0.29) is 18.0 Å². The van der Waals surface area contributed by atoms with E-state index < -0.39 is 29.6 Å². The number of nitrogens with two attached hydrogens (primary N) is 1. The van der Waals surface area contributed by atoms with Crippen LogP contribution in [-0.4, -0.2) is 17.1 Å². The minimum absolute atomic E-state index is 0. The fourth-order valence-electron chi connectivity index (χ4n) is 1.33. The van der Waals surface area contributed by atoms with Crippen molar-refractivity contribution in [1.82, 2.24) is 0 Å². The molecule has 0 aliphatic rings. The average Bonchev–Trinajstić information content (AvgIpc) is 2.16. The highest BCUT2D eigenvalue weighted by Crippen LogP contribution is 2.29. The minimum atomic E-state index is -4.96. The normalized spacial score (nSPS) is 13.7. The zero-order chi connectivity index (χ0) is 14.1. The summed E-state index contributed by atoms with van der Waals surface area (Å²) in [5, 5.41) is 9.63. The lowest BCUT2D eigenvalue weighted by atomic mass is 9.93. The van der Waals surface area contributed by atoms with E-state index in [0.29, 0.717) is 0 Å². The van der Waals surface area contributed by atoms with Gasteiger partial charge in [0, 0.05) is 0 Å². The Morgan fingerprint density at radius 1 is 1.26 bits per heavy atom. The number of halogens is 5. The molecule has 0 saturated heterocycles. The van der Waals surface area contributed by atoms with Crippen LogP contribution in [0.1, 0.15) is 25.5 Å². The van der Waals surface area contributed by atoms with Gasteiger partial charge in [-0.3, -0.25) is 0 Å². The number of hydrogen-bond acceptors (Lipinski definition) is 3. The lowest BCUT2D eigenvalue weighted by Crippen LogP contribution is -2.35. The fraction of sp³-hybridized carbons (Fsp3) is 0.455. The van der Waals surface area contributed by atoms with Crippen LogP contribution in [0.15, 0.2) is 18.2 Å². The third-order valence-corrected chi connectivity index (χ3v) is 2.30. The third-order valence-electron chi connectivity index (χ3n) is 2.30. The molecule has 3 N–H and O–H groups in total. The molecule has 0 saturated carbocycles. The largest absolute Gasteiger partial charge is 0.573 e. The van der Waals surface area contributed by atoms with E-state index in [1.165, 1.54) is 19.9 Å². The third kappa shape index (κ3) is 5.22. The first-order chi connectivity index (χ1) is 8.00. The van der Waals surface area contributed by atoms with Gasteiger partial charge in [0.1, 0.15) is 0 Å². The Hall–Kier alpha value is -1.05. The lowest BCUT2D eigenvalue weighted by Gasteiger charge is -2.26. The smallest absolute Gasteiger partial charge is 0.403 e. The molecular weight excluding hydrogens is 290 g/mol. The fourth-order valence-corrected chi connectivity index (χ4v) is 1.33. The van der Waals surface area contributed by atoms with Gasteiger partial charge in [0.05, 0.1) is 11.6 Å². The van der Waals surface area contributed by atoms with Gasteiger partial charge >= 0.3 is 6.36 Å². The van der Waals surface area contributed by atoms with E-state index in [9.17, 15) is 22.7 Å². The van der Waals surface area contributed by atoms with Crippen LogP contribution in [0.25, 0.3) is 0 Å². The molecule has 0 radical (unpaired) electrons. The number of rotatable bonds is 3. The molecule has 0 aromatic heterocycles. The quantitative estimate of drug-likeness (QED) is 0.844. The first-order valence-electron chi connectivity index (χ1n) is 5.04. The molecule has 1 aromatic carbocycles. The van der Waals surface area contributed by atoms with Crippen LogP contribution >= 0.6 is 12.4 Å². The Labute approximate surface area is 113 Å². The summed E-state index contributed by atoms with van der Waals surface area (Å²) in [4.78, 5) is 0. The number of aliphatic hydroxyl groups is 1. The summed E-state index contributed by atoms with van der Waals surface area (Å²) in [5.41, 5.74) is 4.49. The Morgan fingerprint density at radius 3 is 2.16 bits per heavy atom. The molecule has 1 rings (SSSR count). The van der Waals surface area contributed by atoms with Crippen molar-refractivity contribution < 1.29 is 27.4 Å². The van der Waals surface area contributed by atoms with Crippen molar-refractivity contribution in [2.24, 2.45) is 5.73 Å². The van der Waals surface area contributed by atoms with E-state index in [4.69, 9.17) is 5.73 Å². The maximum Gasteiger partial charge on any atom is 0.573 e.